The number of piperidine rings is 1. The molecule has 1 fully saturated rings. The van der Waals surface area contributed by atoms with E-state index in [-0.39, 0.29) is 5.57 Å². The first-order chi connectivity index (χ1) is 21.7. The highest BCUT2D eigenvalue weighted by molar-refractivity contribution is 5.83. The molecule has 0 bridgehead atoms. The van der Waals surface area contributed by atoms with Gasteiger partial charge in [0.15, 0.2) is 0 Å². The van der Waals surface area contributed by atoms with Crippen LogP contribution in [0.4, 0.5) is 14.5 Å². The van der Waals surface area contributed by atoms with Crippen molar-refractivity contribution < 1.29 is 8.78 Å². The van der Waals surface area contributed by atoms with E-state index in [1.54, 1.807) is 12.4 Å². The van der Waals surface area contributed by atoms with Crippen LogP contribution >= 0.6 is 0 Å². The standard InChI is InChI=1S/C38H45F2N5/c1-5-7-9-14-31-24-37-35(23-29(31)6-2)36(41-26-42-37)21-28-13-12-15-33(20-28)43-44-34-17-16-30(22-32(25-34)38(4,39)40)27(3)45-18-10-8-11-19-45/h12-13,15-16,20,22-26,43-44H,3,5-11,14,18-19,21H2,1-2,4H3. The number of likely N-dealkylation sites (tertiary alicyclic amines) is 1. The van der Waals surface area contributed by atoms with Crippen LogP contribution in [-0.2, 0) is 19.3 Å². The molecule has 2 heterocycles. The van der Waals surface area contributed by atoms with Gasteiger partial charge in [0.1, 0.15) is 6.33 Å². The highest BCUT2D eigenvalue weighted by atomic mass is 19.3. The Balaban J connectivity index is 1.33. The summed E-state index contributed by atoms with van der Waals surface area (Å²) in [6.07, 6.45) is 16.1. The van der Waals surface area contributed by atoms with E-state index in [1.807, 2.05) is 18.2 Å². The zero-order valence-electron chi connectivity index (χ0n) is 26.9. The molecule has 1 saturated heterocycles. The second kappa shape index (κ2) is 14.7. The largest absolute Gasteiger partial charge is 0.372 e. The number of rotatable bonds is 13. The van der Waals surface area contributed by atoms with Crippen molar-refractivity contribution in [3.05, 3.63) is 118 Å². The lowest BCUT2D eigenvalue weighted by Crippen LogP contribution is -2.29. The maximum Gasteiger partial charge on any atom is 0.270 e. The van der Waals surface area contributed by atoms with Gasteiger partial charge < -0.3 is 10.3 Å². The van der Waals surface area contributed by atoms with E-state index < -0.39 is 5.92 Å². The van der Waals surface area contributed by atoms with Crippen LogP contribution in [0.2, 0.25) is 0 Å². The number of aryl methyl sites for hydroxylation is 2. The normalized spacial score (nSPS) is 15.3. The average molecular weight is 610 g/mol. The maximum absolute atomic E-state index is 14.6. The monoisotopic (exact) mass is 609 g/mol. The number of nitrogens with one attached hydrogen (secondary N) is 2. The molecule has 0 unspecified atom stereocenters. The van der Waals surface area contributed by atoms with Gasteiger partial charge in [0, 0.05) is 48.7 Å². The molecule has 0 amide bonds. The number of hydrogen-bond acceptors (Lipinski definition) is 5. The predicted molar refractivity (Wildman–Crippen MR) is 181 cm³/mol. The molecular weight excluding hydrogens is 564 g/mol. The molecule has 1 aliphatic carbocycles. The summed E-state index contributed by atoms with van der Waals surface area (Å²) in [5.41, 5.74) is 17.8. The summed E-state index contributed by atoms with van der Waals surface area (Å²) in [4.78, 5) is 11.4. The Labute approximate surface area is 266 Å². The molecule has 236 valence electrons. The van der Waals surface area contributed by atoms with Gasteiger partial charge in [-0.25, -0.2) is 18.7 Å². The Morgan fingerprint density at radius 1 is 1.00 bits per heavy atom. The summed E-state index contributed by atoms with van der Waals surface area (Å²) in [7, 11) is 0. The van der Waals surface area contributed by atoms with Crippen molar-refractivity contribution in [3.63, 3.8) is 0 Å². The third kappa shape index (κ3) is 8.29. The second-order valence-corrected chi connectivity index (χ2v) is 12.2. The fourth-order valence-electron chi connectivity index (χ4n) is 6.05. The van der Waals surface area contributed by atoms with Gasteiger partial charge in [-0.15, -0.1) is 0 Å². The van der Waals surface area contributed by atoms with Gasteiger partial charge >= 0.3 is 0 Å². The minimum absolute atomic E-state index is 0.0921. The van der Waals surface area contributed by atoms with E-state index in [4.69, 9.17) is 0 Å². The van der Waals surface area contributed by atoms with Gasteiger partial charge in [0.2, 0.25) is 0 Å². The molecule has 3 aromatic rings. The van der Waals surface area contributed by atoms with Crippen LogP contribution in [0.15, 0.2) is 95.8 Å². The van der Waals surface area contributed by atoms with Crippen molar-refractivity contribution in [1.29, 1.82) is 0 Å². The number of fused-ring (bicyclic) bond motifs is 1. The van der Waals surface area contributed by atoms with Crippen molar-refractivity contribution in [2.45, 2.75) is 84.5 Å². The van der Waals surface area contributed by atoms with E-state index in [1.165, 1.54) is 49.0 Å². The Hall–Kier alpha value is -4.22. The van der Waals surface area contributed by atoms with Gasteiger partial charge in [0.05, 0.1) is 22.6 Å². The van der Waals surface area contributed by atoms with E-state index in [0.29, 0.717) is 17.7 Å². The molecule has 0 radical (unpaired) electrons. The van der Waals surface area contributed by atoms with Crippen LogP contribution in [0.3, 0.4) is 0 Å². The van der Waals surface area contributed by atoms with E-state index in [2.05, 4.69) is 70.1 Å². The number of allylic oxidation sites excluding steroid dienone is 3. The highest BCUT2D eigenvalue weighted by Crippen LogP contribution is 2.31. The molecule has 0 saturated carbocycles. The number of anilines is 1. The smallest absolute Gasteiger partial charge is 0.270 e. The van der Waals surface area contributed by atoms with Crippen LogP contribution in [0.25, 0.3) is 10.9 Å². The zero-order chi connectivity index (χ0) is 31.8. The number of aromatic nitrogens is 2. The van der Waals surface area contributed by atoms with Crippen molar-refractivity contribution in [3.8, 4) is 0 Å². The fourth-order valence-corrected chi connectivity index (χ4v) is 6.05. The first-order valence-electron chi connectivity index (χ1n) is 16.3. The maximum atomic E-state index is 14.6. The molecule has 7 heteroatoms. The van der Waals surface area contributed by atoms with Crippen LogP contribution in [-0.4, -0.2) is 33.9 Å². The van der Waals surface area contributed by atoms with Crippen LogP contribution in [0.1, 0.15) is 81.7 Å². The SMILES string of the molecule is C=C(C1=CC(C(C)(F)F)=CC(NNc2cccc(Cc3ncnc4cc(CCCCC)c(CC)cc34)c2)=C=C1)N1CCCCC1. The molecule has 1 aromatic heterocycles. The van der Waals surface area contributed by atoms with Gasteiger partial charge in [-0.05, 0) is 97.7 Å². The fraction of sp³-hybridized carbons (Fsp3) is 0.395. The molecule has 1 aliphatic heterocycles. The molecule has 0 atom stereocenters. The summed E-state index contributed by atoms with van der Waals surface area (Å²) in [6, 6.07) is 12.6. The third-order valence-corrected chi connectivity index (χ3v) is 8.68. The van der Waals surface area contributed by atoms with Crippen molar-refractivity contribution in [1.82, 2.24) is 20.3 Å². The molecule has 5 rings (SSSR count). The van der Waals surface area contributed by atoms with Crippen molar-refractivity contribution >= 4 is 16.6 Å². The topological polar surface area (TPSA) is 53.1 Å². The average Bonchev–Trinajstić information content (AvgIpc) is 3.27. The van der Waals surface area contributed by atoms with E-state index >= 15 is 0 Å². The molecule has 45 heavy (non-hydrogen) atoms. The van der Waals surface area contributed by atoms with Crippen LogP contribution in [0, 0.1) is 0 Å². The first kappa shape index (κ1) is 32.2. The number of hydrogen-bond donors (Lipinski definition) is 2. The Morgan fingerprint density at radius 2 is 1.82 bits per heavy atom. The minimum Gasteiger partial charge on any atom is -0.372 e. The summed E-state index contributed by atoms with van der Waals surface area (Å²) in [6.45, 7) is 11.4. The number of halogens is 2. The lowest BCUT2D eigenvalue weighted by atomic mass is 9.95. The van der Waals surface area contributed by atoms with Crippen molar-refractivity contribution in [2.24, 2.45) is 0 Å². The molecule has 0 spiro atoms. The molecule has 5 nitrogen and oxygen atoms in total. The number of benzene rings is 2. The number of unbranched alkanes of at least 4 members (excludes halogenated alkanes) is 2. The van der Waals surface area contributed by atoms with E-state index in [0.717, 1.165) is 79.2 Å². The highest BCUT2D eigenvalue weighted by Gasteiger charge is 2.28. The number of hydrazine groups is 1. The lowest BCUT2D eigenvalue weighted by Gasteiger charge is -2.31. The Bertz CT molecular complexity index is 1650. The second-order valence-electron chi connectivity index (χ2n) is 12.2. The van der Waals surface area contributed by atoms with Crippen molar-refractivity contribution in [2.75, 3.05) is 18.5 Å². The van der Waals surface area contributed by atoms with Gasteiger partial charge in [0.25, 0.3) is 5.92 Å². The van der Waals surface area contributed by atoms with Gasteiger partial charge in [-0.1, -0.05) is 51.1 Å². The molecule has 2 aliphatic rings. The molecule has 2 N–H and O–H groups in total. The van der Waals surface area contributed by atoms with Gasteiger partial charge in [-0.3, -0.25) is 5.43 Å². The quantitative estimate of drug-likeness (QED) is 0.115. The van der Waals surface area contributed by atoms with Gasteiger partial charge in [-0.2, -0.15) is 0 Å². The summed E-state index contributed by atoms with van der Waals surface area (Å²) >= 11 is 0. The van der Waals surface area contributed by atoms with E-state index in [9.17, 15) is 8.78 Å². The summed E-state index contributed by atoms with van der Waals surface area (Å²) < 4.78 is 29.3. The Morgan fingerprint density at radius 3 is 2.58 bits per heavy atom. The minimum atomic E-state index is -3.02. The van der Waals surface area contributed by atoms with Crippen LogP contribution in [0.5, 0.6) is 0 Å². The summed E-state index contributed by atoms with van der Waals surface area (Å²) in [5, 5.41) is 1.09. The summed E-state index contributed by atoms with van der Waals surface area (Å²) in [5.74, 6) is -3.02. The number of nitrogens with zero attached hydrogens (tertiary/aromatic N) is 3. The number of alkyl halides is 2. The zero-order valence-corrected chi connectivity index (χ0v) is 26.9. The third-order valence-electron chi connectivity index (χ3n) is 8.68. The molecular formula is C38H45F2N5. The predicted octanol–water partition coefficient (Wildman–Crippen LogP) is 8.99. The lowest BCUT2D eigenvalue weighted by molar-refractivity contribution is 0.0673. The molecule has 2 aromatic carbocycles. The van der Waals surface area contributed by atoms with Crippen LogP contribution < -0.4 is 10.9 Å². The first-order valence-corrected chi connectivity index (χ1v) is 16.3. The Kier molecular flexibility index (Phi) is 10.5.